The van der Waals surface area contributed by atoms with Gasteiger partial charge in [0.05, 0.1) is 21.1 Å². The van der Waals surface area contributed by atoms with E-state index in [2.05, 4.69) is 21.2 Å². The molecule has 0 aliphatic carbocycles. The van der Waals surface area contributed by atoms with Crippen molar-refractivity contribution in [2.24, 2.45) is 0 Å². The number of anilines is 1. The zero-order valence-corrected chi connectivity index (χ0v) is 20.5. The van der Waals surface area contributed by atoms with Gasteiger partial charge in [-0.25, -0.2) is 0 Å². The lowest BCUT2D eigenvalue weighted by Crippen LogP contribution is -2.11. The lowest BCUT2D eigenvalue weighted by Gasteiger charge is -2.10. The zero-order chi connectivity index (χ0) is 24.9. The van der Waals surface area contributed by atoms with Gasteiger partial charge in [-0.1, -0.05) is 18.2 Å². The van der Waals surface area contributed by atoms with Crippen LogP contribution in [-0.2, 0) is 6.61 Å². The van der Waals surface area contributed by atoms with E-state index in [1.165, 1.54) is 24.3 Å². The van der Waals surface area contributed by atoms with Crippen molar-refractivity contribution in [1.82, 2.24) is 0 Å². The first kappa shape index (κ1) is 24.0. The Morgan fingerprint density at radius 1 is 1.00 bits per heavy atom. The van der Waals surface area contributed by atoms with E-state index in [0.717, 1.165) is 15.6 Å². The Kier molecular flexibility index (Phi) is 7.17. The molecule has 0 aliphatic rings. The highest BCUT2D eigenvalue weighted by molar-refractivity contribution is 9.10. The standard InChI is InChI=1S/C26H21BrN2O6/c1-16-9-17(2)11-21(10-16)34-22-13-18(12-19(14-22)29(31)32)28-26(30)25-8-7-20(35-25)15-33-24-6-4-3-5-23(24)27/h3-14H,15H2,1-2H3,(H,28,30). The molecule has 178 valence electrons. The van der Waals surface area contributed by atoms with Crippen LogP contribution in [0.4, 0.5) is 11.4 Å². The highest BCUT2D eigenvalue weighted by atomic mass is 79.9. The smallest absolute Gasteiger partial charge is 0.291 e. The van der Waals surface area contributed by atoms with E-state index in [-0.39, 0.29) is 29.5 Å². The summed E-state index contributed by atoms with van der Waals surface area (Å²) in [4.78, 5) is 23.6. The molecule has 1 aromatic heterocycles. The second kappa shape index (κ2) is 10.4. The Hall–Kier alpha value is -4.11. The summed E-state index contributed by atoms with van der Waals surface area (Å²) in [7, 11) is 0. The van der Waals surface area contributed by atoms with Crippen molar-refractivity contribution in [3.8, 4) is 17.2 Å². The topological polar surface area (TPSA) is 104 Å². The molecule has 3 aromatic carbocycles. The number of carbonyl (C=O) groups is 1. The number of carbonyl (C=O) groups excluding carboxylic acids is 1. The van der Waals surface area contributed by atoms with Gasteiger partial charge in [0.15, 0.2) is 5.76 Å². The maximum absolute atomic E-state index is 12.7. The molecule has 35 heavy (non-hydrogen) atoms. The summed E-state index contributed by atoms with van der Waals surface area (Å²) in [5.74, 6) is 1.34. The molecule has 0 saturated carbocycles. The zero-order valence-electron chi connectivity index (χ0n) is 18.9. The van der Waals surface area contributed by atoms with E-state index in [1.54, 1.807) is 12.1 Å². The third-order valence-electron chi connectivity index (χ3n) is 4.88. The Labute approximate surface area is 209 Å². The van der Waals surface area contributed by atoms with Crippen molar-refractivity contribution in [3.63, 3.8) is 0 Å². The summed E-state index contributed by atoms with van der Waals surface area (Å²) in [6, 6.07) is 20.2. The van der Waals surface area contributed by atoms with E-state index < -0.39 is 10.8 Å². The van der Waals surface area contributed by atoms with Crippen molar-refractivity contribution in [3.05, 3.63) is 110 Å². The number of non-ortho nitro benzene ring substituents is 1. The molecular formula is C26H21BrN2O6. The molecule has 0 saturated heterocycles. The number of nitro groups is 1. The van der Waals surface area contributed by atoms with Crippen molar-refractivity contribution in [2.75, 3.05) is 5.32 Å². The molecule has 0 bridgehead atoms. The minimum atomic E-state index is -0.560. The molecule has 9 heteroatoms. The number of nitrogens with zero attached hydrogens (tertiary/aromatic N) is 1. The number of hydrogen-bond donors (Lipinski definition) is 1. The average Bonchev–Trinajstić information content (AvgIpc) is 3.27. The predicted molar refractivity (Wildman–Crippen MR) is 134 cm³/mol. The van der Waals surface area contributed by atoms with Gasteiger partial charge in [-0.2, -0.15) is 0 Å². The molecule has 0 atom stereocenters. The molecule has 0 unspecified atom stereocenters. The summed E-state index contributed by atoms with van der Waals surface area (Å²) < 4.78 is 17.9. The summed E-state index contributed by atoms with van der Waals surface area (Å²) in [6.45, 7) is 3.99. The Balaban J connectivity index is 1.48. The highest BCUT2D eigenvalue weighted by Gasteiger charge is 2.17. The summed E-state index contributed by atoms with van der Waals surface area (Å²) in [5.41, 5.74) is 1.97. The highest BCUT2D eigenvalue weighted by Crippen LogP contribution is 2.31. The summed E-state index contributed by atoms with van der Waals surface area (Å²) in [6.07, 6.45) is 0. The molecule has 0 spiro atoms. The molecule has 0 fully saturated rings. The van der Waals surface area contributed by atoms with Crippen LogP contribution in [0.15, 0.2) is 81.7 Å². The number of halogens is 1. The number of nitro benzene ring substituents is 1. The Morgan fingerprint density at radius 2 is 1.71 bits per heavy atom. The normalized spacial score (nSPS) is 10.6. The third-order valence-corrected chi connectivity index (χ3v) is 5.54. The molecule has 1 N–H and O–H groups in total. The number of nitrogens with one attached hydrogen (secondary N) is 1. The SMILES string of the molecule is Cc1cc(C)cc(Oc2cc(NC(=O)c3ccc(COc4ccccc4Br)o3)cc([N+](=O)[O-])c2)c1. The predicted octanol–water partition coefficient (Wildman–Crippen LogP) is 7.19. The molecular weight excluding hydrogens is 516 g/mol. The molecule has 4 aromatic rings. The first-order valence-electron chi connectivity index (χ1n) is 10.6. The number of amides is 1. The second-order valence-electron chi connectivity index (χ2n) is 7.84. The van der Waals surface area contributed by atoms with Gasteiger partial charge in [-0.15, -0.1) is 0 Å². The number of rotatable bonds is 8. The molecule has 0 radical (unpaired) electrons. The first-order valence-corrected chi connectivity index (χ1v) is 11.4. The van der Waals surface area contributed by atoms with Crippen molar-refractivity contribution in [1.29, 1.82) is 0 Å². The van der Waals surface area contributed by atoms with E-state index in [9.17, 15) is 14.9 Å². The number of benzene rings is 3. The maximum Gasteiger partial charge on any atom is 0.291 e. The number of aryl methyl sites for hydroxylation is 2. The lowest BCUT2D eigenvalue weighted by molar-refractivity contribution is -0.384. The molecule has 1 heterocycles. The van der Waals surface area contributed by atoms with Gasteiger partial charge in [0, 0.05) is 12.1 Å². The fourth-order valence-corrected chi connectivity index (χ4v) is 3.83. The lowest BCUT2D eigenvalue weighted by atomic mass is 10.1. The third kappa shape index (κ3) is 6.27. The number of para-hydroxylation sites is 1. The van der Waals surface area contributed by atoms with E-state index in [4.69, 9.17) is 13.9 Å². The van der Waals surface area contributed by atoms with Gasteiger partial charge in [0.2, 0.25) is 0 Å². The minimum absolute atomic E-state index is 0.0408. The molecule has 1 amide bonds. The Morgan fingerprint density at radius 3 is 2.43 bits per heavy atom. The van der Waals surface area contributed by atoms with Crippen LogP contribution in [0.2, 0.25) is 0 Å². The number of ether oxygens (including phenoxy) is 2. The minimum Gasteiger partial charge on any atom is -0.484 e. The van der Waals surface area contributed by atoms with Gasteiger partial charge in [0.1, 0.15) is 29.6 Å². The van der Waals surface area contributed by atoms with Crippen molar-refractivity contribution in [2.45, 2.75) is 20.5 Å². The van der Waals surface area contributed by atoms with Crippen LogP contribution in [0.25, 0.3) is 0 Å². The summed E-state index contributed by atoms with van der Waals surface area (Å²) in [5, 5.41) is 14.1. The van der Waals surface area contributed by atoms with Crippen LogP contribution >= 0.6 is 15.9 Å². The monoisotopic (exact) mass is 536 g/mol. The van der Waals surface area contributed by atoms with Crippen molar-refractivity contribution < 1.29 is 23.6 Å². The first-order chi connectivity index (χ1) is 16.8. The van der Waals surface area contributed by atoms with Gasteiger partial charge >= 0.3 is 0 Å². The van der Waals surface area contributed by atoms with E-state index in [0.29, 0.717) is 17.3 Å². The van der Waals surface area contributed by atoms with Crippen LogP contribution in [0.1, 0.15) is 27.4 Å². The fourth-order valence-electron chi connectivity index (χ4n) is 3.43. The van der Waals surface area contributed by atoms with Gasteiger partial charge in [-0.3, -0.25) is 14.9 Å². The van der Waals surface area contributed by atoms with Crippen LogP contribution in [0, 0.1) is 24.0 Å². The quantitative estimate of drug-likeness (QED) is 0.189. The number of furan rings is 1. The van der Waals surface area contributed by atoms with Crippen LogP contribution in [0.5, 0.6) is 17.2 Å². The van der Waals surface area contributed by atoms with Gasteiger partial charge in [-0.05, 0) is 77.3 Å². The maximum atomic E-state index is 12.7. The van der Waals surface area contributed by atoms with Crippen LogP contribution < -0.4 is 14.8 Å². The van der Waals surface area contributed by atoms with Crippen molar-refractivity contribution >= 4 is 33.2 Å². The van der Waals surface area contributed by atoms with Crippen LogP contribution in [-0.4, -0.2) is 10.8 Å². The summed E-state index contributed by atoms with van der Waals surface area (Å²) >= 11 is 3.41. The average molecular weight is 537 g/mol. The van der Waals surface area contributed by atoms with E-state index >= 15 is 0 Å². The Bertz CT molecular complexity index is 1380. The molecule has 0 aliphatic heterocycles. The number of hydrogen-bond acceptors (Lipinski definition) is 6. The van der Waals surface area contributed by atoms with E-state index in [1.807, 2.05) is 50.2 Å². The van der Waals surface area contributed by atoms with Gasteiger partial charge < -0.3 is 19.2 Å². The molecule has 4 rings (SSSR count). The fraction of sp³-hybridized carbons (Fsp3) is 0.115. The van der Waals surface area contributed by atoms with Crippen LogP contribution in [0.3, 0.4) is 0 Å². The second-order valence-corrected chi connectivity index (χ2v) is 8.69. The van der Waals surface area contributed by atoms with Gasteiger partial charge in [0.25, 0.3) is 11.6 Å². The molecule has 8 nitrogen and oxygen atoms in total. The largest absolute Gasteiger partial charge is 0.484 e.